The van der Waals surface area contributed by atoms with Crippen molar-refractivity contribution in [3.63, 3.8) is 0 Å². The van der Waals surface area contributed by atoms with Crippen LogP contribution in [0.4, 0.5) is 0 Å². The molecule has 1 fully saturated rings. The van der Waals surface area contributed by atoms with E-state index in [1.807, 2.05) is 0 Å². The largest absolute Gasteiger partial charge is 0.368 e. The molecule has 3 nitrogen and oxygen atoms in total. The summed E-state index contributed by atoms with van der Waals surface area (Å²) in [5.74, 6) is 0.665. The SMILES string of the molecule is CC(N=NC(C)(C)O)C1CCCCCC1. The normalized spacial score (nSPS) is 22.9. The minimum atomic E-state index is -1.01. The average molecular weight is 212 g/mol. The van der Waals surface area contributed by atoms with Crippen molar-refractivity contribution in [3.05, 3.63) is 0 Å². The smallest absolute Gasteiger partial charge is 0.170 e. The van der Waals surface area contributed by atoms with Gasteiger partial charge in [-0.1, -0.05) is 25.7 Å². The minimum Gasteiger partial charge on any atom is -0.368 e. The molecule has 0 spiro atoms. The van der Waals surface area contributed by atoms with Crippen LogP contribution in [0, 0.1) is 5.92 Å². The molecule has 0 aliphatic heterocycles. The van der Waals surface area contributed by atoms with Crippen molar-refractivity contribution in [2.45, 2.75) is 71.1 Å². The first-order valence-corrected chi connectivity index (χ1v) is 6.13. The lowest BCUT2D eigenvalue weighted by Gasteiger charge is -2.19. The monoisotopic (exact) mass is 212 g/mol. The van der Waals surface area contributed by atoms with Crippen LogP contribution in [0.5, 0.6) is 0 Å². The molecule has 0 aromatic rings. The van der Waals surface area contributed by atoms with E-state index in [1.54, 1.807) is 13.8 Å². The van der Waals surface area contributed by atoms with Gasteiger partial charge in [-0.3, -0.25) is 0 Å². The zero-order valence-corrected chi connectivity index (χ0v) is 10.2. The second-order valence-electron chi connectivity index (χ2n) is 5.20. The van der Waals surface area contributed by atoms with E-state index < -0.39 is 5.72 Å². The Balaban J connectivity index is 2.44. The Morgan fingerprint density at radius 1 is 1.13 bits per heavy atom. The lowest BCUT2D eigenvalue weighted by Crippen LogP contribution is -2.18. The van der Waals surface area contributed by atoms with Gasteiger partial charge < -0.3 is 5.11 Å². The quantitative estimate of drug-likeness (QED) is 0.564. The third-order valence-corrected chi connectivity index (χ3v) is 3.07. The van der Waals surface area contributed by atoms with E-state index in [1.165, 1.54) is 38.5 Å². The predicted octanol–water partition coefficient (Wildman–Crippen LogP) is 3.53. The number of azo groups is 1. The molecule has 0 saturated heterocycles. The van der Waals surface area contributed by atoms with Crippen molar-refractivity contribution in [1.29, 1.82) is 0 Å². The number of nitrogens with zero attached hydrogens (tertiary/aromatic N) is 2. The Morgan fingerprint density at radius 3 is 2.13 bits per heavy atom. The van der Waals surface area contributed by atoms with Gasteiger partial charge in [0.15, 0.2) is 5.72 Å². The van der Waals surface area contributed by atoms with E-state index in [4.69, 9.17) is 0 Å². The molecule has 15 heavy (non-hydrogen) atoms. The molecule has 1 aliphatic carbocycles. The van der Waals surface area contributed by atoms with Crippen LogP contribution in [0.2, 0.25) is 0 Å². The molecule has 1 atom stereocenters. The Labute approximate surface area is 93.0 Å². The lowest BCUT2D eigenvalue weighted by atomic mass is 9.94. The zero-order valence-electron chi connectivity index (χ0n) is 10.2. The first-order valence-electron chi connectivity index (χ1n) is 6.13. The summed E-state index contributed by atoms with van der Waals surface area (Å²) < 4.78 is 0. The first kappa shape index (κ1) is 12.6. The maximum absolute atomic E-state index is 9.46. The van der Waals surface area contributed by atoms with Crippen molar-refractivity contribution in [2.75, 3.05) is 0 Å². The van der Waals surface area contributed by atoms with E-state index in [2.05, 4.69) is 17.2 Å². The van der Waals surface area contributed by atoms with Gasteiger partial charge in [-0.15, -0.1) is 0 Å². The Bertz CT molecular complexity index is 200. The fourth-order valence-corrected chi connectivity index (χ4v) is 2.12. The summed E-state index contributed by atoms with van der Waals surface area (Å²) in [5, 5.41) is 17.6. The molecule has 0 heterocycles. The van der Waals surface area contributed by atoms with Crippen LogP contribution in [-0.2, 0) is 0 Å². The van der Waals surface area contributed by atoms with Gasteiger partial charge in [0.25, 0.3) is 0 Å². The minimum absolute atomic E-state index is 0.259. The van der Waals surface area contributed by atoms with E-state index in [0.717, 1.165) is 0 Å². The van der Waals surface area contributed by atoms with Crippen molar-refractivity contribution in [3.8, 4) is 0 Å². The summed E-state index contributed by atoms with van der Waals surface area (Å²) in [4.78, 5) is 0. The molecule has 0 aromatic carbocycles. The summed E-state index contributed by atoms with van der Waals surface area (Å²) in [6.45, 7) is 5.44. The molecule has 1 aliphatic rings. The molecular formula is C12H24N2O. The highest BCUT2D eigenvalue weighted by Gasteiger charge is 2.19. The Hall–Kier alpha value is -0.440. The van der Waals surface area contributed by atoms with Crippen LogP contribution in [0.15, 0.2) is 10.2 Å². The van der Waals surface area contributed by atoms with Gasteiger partial charge >= 0.3 is 0 Å². The summed E-state index contributed by atoms with van der Waals surface area (Å²) in [6, 6.07) is 0.259. The zero-order chi connectivity index (χ0) is 11.3. The molecule has 88 valence electrons. The Morgan fingerprint density at radius 2 is 1.67 bits per heavy atom. The summed E-state index contributed by atoms with van der Waals surface area (Å²) >= 11 is 0. The van der Waals surface area contributed by atoms with Crippen molar-refractivity contribution >= 4 is 0 Å². The number of hydrogen-bond donors (Lipinski definition) is 1. The highest BCUT2D eigenvalue weighted by atomic mass is 16.3. The maximum atomic E-state index is 9.46. The molecule has 0 radical (unpaired) electrons. The van der Waals surface area contributed by atoms with Gasteiger partial charge in [-0.2, -0.15) is 10.2 Å². The molecule has 1 rings (SSSR count). The van der Waals surface area contributed by atoms with Gasteiger partial charge in [-0.05, 0) is 39.5 Å². The first-order chi connectivity index (χ1) is 6.99. The van der Waals surface area contributed by atoms with Gasteiger partial charge in [0.1, 0.15) is 0 Å². The van der Waals surface area contributed by atoms with Gasteiger partial charge in [-0.25, -0.2) is 0 Å². The van der Waals surface area contributed by atoms with E-state index >= 15 is 0 Å². The predicted molar refractivity (Wildman–Crippen MR) is 61.8 cm³/mol. The van der Waals surface area contributed by atoms with Crippen LogP contribution >= 0.6 is 0 Å². The van der Waals surface area contributed by atoms with Crippen LogP contribution < -0.4 is 0 Å². The number of rotatable bonds is 3. The molecule has 1 N–H and O–H groups in total. The van der Waals surface area contributed by atoms with Gasteiger partial charge in [0.05, 0.1) is 6.04 Å². The van der Waals surface area contributed by atoms with E-state index in [9.17, 15) is 5.11 Å². The van der Waals surface area contributed by atoms with Gasteiger partial charge in [0.2, 0.25) is 0 Å². The number of hydrogen-bond acceptors (Lipinski definition) is 3. The van der Waals surface area contributed by atoms with Crippen LogP contribution in [-0.4, -0.2) is 16.9 Å². The van der Waals surface area contributed by atoms with Crippen molar-refractivity contribution < 1.29 is 5.11 Å². The summed E-state index contributed by atoms with van der Waals surface area (Å²) in [6.07, 6.45) is 7.93. The fourth-order valence-electron chi connectivity index (χ4n) is 2.12. The van der Waals surface area contributed by atoms with E-state index in [-0.39, 0.29) is 6.04 Å². The second-order valence-corrected chi connectivity index (χ2v) is 5.20. The van der Waals surface area contributed by atoms with Crippen molar-refractivity contribution in [1.82, 2.24) is 0 Å². The molecule has 0 bridgehead atoms. The standard InChI is InChI=1S/C12H24N2O/c1-10(13-14-12(2,3)15)11-8-6-4-5-7-9-11/h10-11,15H,4-9H2,1-3H3. The molecule has 0 aromatic heterocycles. The molecule has 1 unspecified atom stereocenters. The van der Waals surface area contributed by atoms with Crippen LogP contribution in [0.25, 0.3) is 0 Å². The second kappa shape index (κ2) is 5.59. The summed E-state index contributed by atoms with van der Waals surface area (Å²) in [5.41, 5.74) is -1.01. The highest BCUT2D eigenvalue weighted by molar-refractivity contribution is 4.74. The molecular weight excluding hydrogens is 188 g/mol. The lowest BCUT2D eigenvalue weighted by molar-refractivity contribution is 0.0793. The van der Waals surface area contributed by atoms with Gasteiger partial charge in [0, 0.05) is 0 Å². The third-order valence-electron chi connectivity index (χ3n) is 3.07. The Kier molecular flexibility index (Phi) is 4.71. The molecule has 1 saturated carbocycles. The van der Waals surface area contributed by atoms with E-state index in [0.29, 0.717) is 5.92 Å². The third kappa shape index (κ3) is 5.26. The highest BCUT2D eigenvalue weighted by Crippen LogP contribution is 2.27. The van der Waals surface area contributed by atoms with Crippen LogP contribution in [0.1, 0.15) is 59.3 Å². The van der Waals surface area contributed by atoms with Crippen molar-refractivity contribution in [2.24, 2.45) is 16.1 Å². The summed E-state index contributed by atoms with van der Waals surface area (Å²) in [7, 11) is 0. The maximum Gasteiger partial charge on any atom is 0.170 e. The fraction of sp³-hybridized carbons (Fsp3) is 1.00. The topological polar surface area (TPSA) is 45.0 Å². The average Bonchev–Trinajstić information content (AvgIpc) is 2.41. The molecule has 3 heteroatoms. The molecule has 0 amide bonds. The number of aliphatic hydroxyl groups is 1. The van der Waals surface area contributed by atoms with Crippen LogP contribution in [0.3, 0.4) is 0 Å².